The number of allylic oxidation sites excluding steroid dienone is 1. The molecule has 0 saturated heterocycles. The van der Waals surface area contributed by atoms with E-state index in [-0.39, 0.29) is 11.4 Å². The van der Waals surface area contributed by atoms with Crippen molar-refractivity contribution in [1.29, 1.82) is 0 Å². The van der Waals surface area contributed by atoms with Gasteiger partial charge in [0.15, 0.2) is 11.0 Å². The lowest BCUT2D eigenvalue weighted by Crippen LogP contribution is -2.15. The van der Waals surface area contributed by atoms with E-state index in [4.69, 9.17) is 0 Å². The van der Waals surface area contributed by atoms with E-state index in [9.17, 15) is 13.6 Å². The normalized spacial score (nSPS) is 10.6. The number of anilines is 1. The summed E-state index contributed by atoms with van der Waals surface area (Å²) in [5.74, 6) is -1.32. The first-order chi connectivity index (χ1) is 13.1. The van der Waals surface area contributed by atoms with Crippen LogP contribution in [-0.4, -0.2) is 31.4 Å². The summed E-state index contributed by atoms with van der Waals surface area (Å²) in [6, 6.07) is 6.48. The molecule has 0 spiro atoms. The van der Waals surface area contributed by atoms with Crippen LogP contribution in [0.25, 0.3) is 11.4 Å². The molecule has 0 unspecified atom stereocenters. The zero-order valence-electron chi connectivity index (χ0n) is 14.1. The maximum atomic E-state index is 13.2. The highest BCUT2D eigenvalue weighted by Gasteiger charge is 2.15. The molecule has 1 N–H and O–H groups in total. The Hall–Kier alpha value is -3.07. The number of aromatic nitrogens is 4. The number of carbonyl (C=O) groups is 1. The zero-order chi connectivity index (χ0) is 19.2. The smallest absolute Gasteiger partial charge is 0.234 e. The van der Waals surface area contributed by atoms with Crippen molar-refractivity contribution in [3.8, 4) is 11.4 Å². The van der Waals surface area contributed by atoms with Crippen molar-refractivity contribution in [1.82, 2.24) is 19.7 Å². The van der Waals surface area contributed by atoms with Gasteiger partial charge in [0.05, 0.1) is 5.75 Å². The van der Waals surface area contributed by atoms with Gasteiger partial charge in [-0.15, -0.1) is 16.8 Å². The predicted molar refractivity (Wildman–Crippen MR) is 99.2 cm³/mol. The lowest BCUT2D eigenvalue weighted by atomic mass is 10.3. The minimum Gasteiger partial charge on any atom is -0.325 e. The highest BCUT2D eigenvalue weighted by Crippen LogP contribution is 2.24. The Bertz CT molecular complexity index is 941. The minimum atomic E-state index is -0.759. The van der Waals surface area contributed by atoms with Gasteiger partial charge in [0.2, 0.25) is 5.91 Å². The molecule has 1 amide bonds. The van der Waals surface area contributed by atoms with Crippen molar-refractivity contribution >= 4 is 23.4 Å². The summed E-state index contributed by atoms with van der Waals surface area (Å²) in [6.07, 6.45) is 5.03. The summed E-state index contributed by atoms with van der Waals surface area (Å²) < 4.78 is 28.2. The molecule has 0 aliphatic carbocycles. The van der Waals surface area contributed by atoms with Gasteiger partial charge in [-0.25, -0.2) is 8.78 Å². The van der Waals surface area contributed by atoms with Gasteiger partial charge >= 0.3 is 0 Å². The fourth-order valence-electron chi connectivity index (χ4n) is 2.35. The first-order valence-electron chi connectivity index (χ1n) is 7.90. The maximum Gasteiger partial charge on any atom is 0.234 e. The van der Waals surface area contributed by atoms with Crippen molar-refractivity contribution in [2.75, 3.05) is 11.1 Å². The van der Waals surface area contributed by atoms with E-state index in [1.54, 1.807) is 24.5 Å². The van der Waals surface area contributed by atoms with Gasteiger partial charge in [-0.2, -0.15) is 0 Å². The fourth-order valence-corrected chi connectivity index (χ4v) is 3.10. The average molecular weight is 387 g/mol. The molecule has 2 heterocycles. The molecular weight excluding hydrogens is 372 g/mol. The van der Waals surface area contributed by atoms with Crippen molar-refractivity contribution < 1.29 is 13.6 Å². The molecule has 0 bridgehead atoms. The Labute approximate surface area is 158 Å². The molecule has 0 atom stereocenters. The second-order valence-electron chi connectivity index (χ2n) is 5.44. The zero-order valence-corrected chi connectivity index (χ0v) is 14.9. The quantitative estimate of drug-likeness (QED) is 0.496. The fraction of sp³-hybridized carbons (Fsp3) is 0.111. The van der Waals surface area contributed by atoms with Crippen LogP contribution in [0.3, 0.4) is 0 Å². The van der Waals surface area contributed by atoms with Crippen LogP contribution in [0.15, 0.2) is 60.5 Å². The summed E-state index contributed by atoms with van der Waals surface area (Å²) in [5, 5.41) is 11.3. The summed E-state index contributed by atoms with van der Waals surface area (Å²) in [7, 11) is 0. The molecule has 0 aliphatic rings. The number of nitrogens with zero attached hydrogens (tertiary/aromatic N) is 4. The van der Waals surface area contributed by atoms with Gasteiger partial charge in [-0.05, 0) is 24.3 Å². The number of rotatable bonds is 7. The number of benzene rings is 1. The highest BCUT2D eigenvalue weighted by molar-refractivity contribution is 7.99. The molecule has 1 aromatic carbocycles. The Morgan fingerprint density at radius 2 is 2.04 bits per heavy atom. The van der Waals surface area contributed by atoms with E-state index in [1.807, 2.05) is 10.6 Å². The molecule has 0 aliphatic heterocycles. The number of pyridine rings is 1. The second kappa shape index (κ2) is 8.54. The van der Waals surface area contributed by atoms with Gasteiger partial charge in [0.1, 0.15) is 11.6 Å². The monoisotopic (exact) mass is 387 g/mol. The van der Waals surface area contributed by atoms with Crippen LogP contribution < -0.4 is 5.32 Å². The number of halogens is 2. The Kier molecular flexibility index (Phi) is 5.92. The van der Waals surface area contributed by atoms with Crippen LogP contribution in [0, 0.1) is 11.6 Å². The first kappa shape index (κ1) is 18.7. The number of nitrogens with one attached hydrogen (secondary N) is 1. The van der Waals surface area contributed by atoms with Crippen LogP contribution >= 0.6 is 11.8 Å². The van der Waals surface area contributed by atoms with Gasteiger partial charge in [0.25, 0.3) is 0 Å². The minimum absolute atomic E-state index is 0.000445. The summed E-state index contributed by atoms with van der Waals surface area (Å²) in [6.45, 7) is 4.18. The van der Waals surface area contributed by atoms with E-state index in [0.717, 1.165) is 35.5 Å². The number of amides is 1. The van der Waals surface area contributed by atoms with Gasteiger partial charge in [0, 0.05) is 36.3 Å². The summed E-state index contributed by atoms with van der Waals surface area (Å²) in [5.41, 5.74) is 0.847. The first-order valence-corrected chi connectivity index (χ1v) is 8.88. The van der Waals surface area contributed by atoms with Crippen molar-refractivity contribution in [2.45, 2.75) is 11.7 Å². The van der Waals surface area contributed by atoms with E-state index in [0.29, 0.717) is 17.5 Å². The standard InChI is InChI=1S/C18H15F2N5OS/c1-2-6-25-17(12-4-3-5-21-10-12)23-24-18(25)27-11-16(26)22-15-8-13(19)7-14(20)9-15/h2-5,7-10H,1,6,11H2,(H,22,26). The molecule has 3 rings (SSSR count). The van der Waals surface area contributed by atoms with Crippen LogP contribution in [-0.2, 0) is 11.3 Å². The van der Waals surface area contributed by atoms with E-state index in [1.165, 1.54) is 0 Å². The molecule has 0 fully saturated rings. The van der Waals surface area contributed by atoms with E-state index < -0.39 is 17.5 Å². The Morgan fingerprint density at radius 3 is 2.70 bits per heavy atom. The van der Waals surface area contributed by atoms with Gasteiger partial charge < -0.3 is 5.32 Å². The third-order valence-corrected chi connectivity index (χ3v) is 4.39. The van der Waals surface area contributed by atoms with Crippen LogP contribution in [0.4, 0.5) is 14.5 Å². The van der Waals surface area contributed by atoms with Gasteiger partial charge in [-0.1, -0.05) is 17.8 Å². The number of thioether (sulfide) groups is 1. The topological polar surface area (TPSA) is 72.7 Å². The summed E-state index contributed by atoms with van der Waals surface area (Å²) in [4.78, 5) is 16.2. The SMILES string of the molecule is C=CCn1c(SCC(=O)Nc2cc(F)cc(F)c2)nnc1-c1cccnc1. The third kappa shape index (κ3) is 4.76. The van der Waals surface area contributed by atoms with Crippen LogP contribution in [0.5, 0.6) is 0 Å². The van der Waals surface area contributed by atoms with E-state index >= 15 is 0 Å². The van der Waals surface area contributed by atoms with Crippen LogP contribution in [0.2, 0.25) is 0 Å². The highest BCUT2D eigenvalue weighted by atomic mass is 32.2. The molecule has 0 radical (unpaired) electrons. The van der Waals surface area contributed by atoms with Crippen LogP contribution in [0.1, 0.15) is 0 Å². The molecule has 6 nitrogen and oxygen atoms in total. The lowest BCUT2D eigenvalue weighted by Gasteiger charge is -2.08. The van der Waals surface area contributed by atoms with E-state index in [2.05, 4.69) is 27.1 Å². The van der Waals surface area contributed by atoms with Gasteiger partial charge in [-0.3, -0.25) is 14.3 Å². The largest absolute Gasteiger partial charge is 0.325 e. The number of hydrogen-bond acceptors (Lipinski definition) is 5. The van der Waals surface area contributed by atoms with Crippen molar-refractivity contribution in [2.24, 2.45) is 0 Å². The summed E-state index contributed by atoms with van der Waals surface area (Å²) >= 11 is 1.16. The van der Waals surface area contributed by atoms with Crippen molar-refractivity contribution in [3.05, 3.63) is 67.0 Å². The number of carbonyl (C=O) groups excluding carboxylic acids is 1. The molecule has 2 aromatic heterocycles. The molecule has 9 heteroatoms. The Morgan fingerprint density at radius 1 is 1.26 bits per heavy atom. The third-order valence-electron chi connectivity index (χ3n) is 3.43. The predicted octanol–water partition coefficient (Wildman–Crippen LogP) is 3.54. The van der Waals surface area contributed by atoms with Crippen molar-refractivity contribution in [3.63, 3.8) is 0 Å². The maximum absolute atomic E-state index is 13.2. The second-order valence-corrected chi connectivity index (χ2v) is 6.38. The molecule has 138 valence electrons. The molecule has 0 saturated carbocycles. The molecule has 3 aromatic rings. The average Bonchev–Trinajstić information content (AvgIpc) is 3.03. The Balaban J connectivity index is 1.71. The number of hydrogen-bond donors (Lipinski definition) is 1. The molecular formula is C18H15F2N5OS. The lowest BCUT2D eigenvalue weighted by molar-refractivity contribution is -0.113. The molecule has 27 heavy (non-hydrogen) atoms.